The molecule has 0 aliphatic carbocycles. The quantitative estimate of drug-likeness (QED) is 0.227. The Balaban J connectivity index is 1.54. The molecule has 11 heteroatoms. The van der Waals surface area contributed by atoms with Crippen LogP contribution in [0.25, 0.3) is 11.1 Å². The number of benzene rings is 2. The monoisotopic (exact) mass is 493 g/mol. The first-order valence-corrected chi connectivity index (χ1v) is 11.3. The van der Waals surface area contributed by atoms with Gasteiger partial charge in [-0.3, -0.25) is 29.4 Å². The molecular weight excluding hydrogens is 474 g/mol. The molecule has 0 bridgehead atoms. The van der Waals surface area contributed by atoms with E-state index in [9.17, 15) is 29.3 Å². The number of carbonyl (C=O) groups excluding carboxylic acids is 4. The number of ether oxygens (including phenoxy) is 1. The van der Waals surface area contributed by atoms with Gasteiger partial charge in [-0.15, -0.1) is 11.3 Å². The number of fused-ring (bicyclic) bond motifs is 1. The fourth-order valence-electron chi connectivity index (χ4n) is 3.96. The lowest BCUT2D eigenvalue weighted by Crippen LogP contribution is -2.33. The average Bonchev–Trinajstić information content (AvgIpc) is 3.30. The van der Waals surface area contributed by atoms with Crippen LogP contribution in [0.5, 0.6) is 0 Å². The molecule has 0 spiro atoms. The van der Waals surface area contributed by atoms with Gasteiger partial charge in [0.05, 0.1) is 17.6 Å². The summed E-state index contributed by atoms with van der Waals surface area (Å²) in [6.07, 6.45) is -0.266. The van der Waals surface area contributed by atoms with Crippen LogP contribution >= 0.6 is 11.3 Å². The van der Waals surface area contributed by atoms with Crippen molar-refractivity contribution >= 4 is 45.7 Å². The minimum Gasteiger partial charge on any atom is -0.465 e. The van der Waals surface area contributed by atoms with Gasteiger partial charge in [-0.25, -0.2) is 4.79 Å². The fraction of sp³-hybridized carbons (Fsp3) is 0.167. The lowest BCUT2D eigenvalue weighted by atomic mass is 10.0. The number of hydrogen-bond donors (Lipinski definition) is 1. The Morgan fingerprint density at radius 1 is 1.06 bits per heavy atom. The second-order valence-corrected chi connectivity index (χ2v) is 8.84. The van der Waals surface area contributed by atoms with Crippen LogP contribution in [0.2, 0.25) is 0 Å². The molecule has 178 valence electrons. The third kappa shape index (κ3) is 4.28. The van der Waals surface area contributed by atoms with Gasteiger partial charge in [-0.1, -0.05) is 36.4 Å². The van der Waals surface area contributed by atoms with Gasteiger partial charge in [-0.2, -0.15) is 0 Å². The summed E-state index contributed by atoms with van der Waals surface area (Å²) in [6.45, 7) is 1.54. The summed E-state index contributed by atoms with van der Waals surface area (Å²) in [6, 6.07) is 13.0. The number of rotatable bonds is 7. The lowest BCUT2D eigenvalue weighted by molar-refractivity contribution is -0.385. The zero-order chi connectivity index (χ0) is 25.3. The molecular formula is C24H19N3O7S. The number of methoxy groups -OCH3 is 1. The molecule has 2 heterocycles. The summed E-state index contributed by atoms with van der Waals surface area (Å²) in [5.41, 5.74) is 0.834. The number of hydrogen-bond acceptors (Lipinski definition) is 8. The maximum atomic E-state index is 12.7. The molecule has 0 atom stereocenters. The van der Waals surface area contributed by atoms with Crippen molar-refractivity contribution in [3.8, 4) is 11.1 Å². The molecule has 1 aliphatic rings. The van der Waals surface area contributed by atoms with Crippen LogP contribution in [0, 0.1) is 17.0 Å². The molecule has 2 aromatic carbocycles. The van der Waals surface area contributed by atoms with E-state index in [0.717, 1.165) is 21.4 Å². The summed E-state index contributed by atoms with van der Waals surface area (Å²) in [4.78, 5) is 62.8. The third-order valence-corrected chi connectivity index (χ3v) is 6.55. The molecule has 1 aromatic heterocycles. The summed E-state index contributed by atoms with van der Waals surface area (Å²) in [5.74, 6) is -2.67. The van der Waals surface area contributed by atoms with Gasteiger partial charge in [-0.05, 0) is 18.6 Å². The van der Waals surface area contributed by atoms with Crippen molar-refractivity contribution in [3.05, 3.63) is 80.2 Å². The topological polar surface area (TPSA) is 136 Å². The van der Waals surface area contributed by atoms with E-state index in [2.05, 4.69) is 5.32 Å². The second-order valence-electron chi connectivity index (χ2n) is 7.61. The van der Waals surface area contributed by atoms with Crippen LogP contribution in [0.3, 0.4) is 0 Å². The fourth-order valence-corrected chi connectivity index (χ4v) is 5.04. The first kappa shape index (κ1) is 23.8. The highest BCUT2D eigenvalue weighted by molar-refractivity contribution is 7.17. The van der Waals surface area contributed by atoms with Gasteiger partial charge >= 0.3 is 5.97 Å². The molecule has 0 unspecified atom stereocenters. The first-order valence-electron chi connectivity index (χ1n) is 10.4. The Morgan fingerprint density at radius 3 is 2.43 bits per heavy atom. The Kier molecular flexibility index (Phi) is 6.43. The summed E-state index contributed by atoms with van der Waals surface area (Å²) in [5, 5.41) is 14.2. The van der Waals surface area contributed by atoms with Crippen molar-refractivity contribution in [3.63, 3.8) is 0 Å². The molecule has 3 aromatic rings. The zero-order valence-corrected chi connectivity index (χ0v) is 19.5. The number of nitrogens with zero attached hydrogens (tertiary/aromatic N) is 2. The van der Waals surface area contributed by atoms with Crippen LogP contribution in [-0.2, 0) is 9.53 Å². The first-order chi connectivity index (χ1) is 16.7. The minimum absolute atomic E-state index is 0.0704. The zero-order valence-electron chi connectivity index (χ0n) is 18.7. The normalized spacial score (nSPS) is 12.5. The van der Waals surface area contributed by atoms with Crippen LogP contribution in [0.1, 0.15) is 42.4 Å². The lowest BCUT2D eigenvalue weighted by Gasteiger charge is -2.13. The SMILES string of the molecule is COC(=O)c1c(NC(=O)CCN2C(=O)c3cccc([N+](=O)[O-])c3C2=O)sc(C)c1-c1ccccc1. The van der Waals surface area contributed by atoms with E-state index in [1.165, 1.54) is 30.6 Å². The highest BCUT2D eigenvalue weighted by atomic mass is 32.1. The summed E-state index contributed by atoms with van der Waals surface area (Å²) < 4.78 is 4.93. The van der Waals surface area contributed by atoms with E-state index in [4.69, 9.17) is 4.74 Å². The van der Waals surface area contributed by atoms with Crippen molar-refractivity contribution in [2.24, 2.45) is 0 Å². The van der Waals surface area contributed by atoms with Crippen LogP contribution in [0.15, 0.2) is 48.5 Å². The maximum Gasteiger partial charge on any atom is 0.341 e. The number of carbonyl (C=O) groups is 4. The second kappa shape index (κ2) is 9.47. The van der Waals surface area contributed by atoms with Crippen LogP contribution < -0.4 is 5.32 Å². The van der Waals surface area contributed by atoms with E-state index in [-0.39, 0.29) is 34.7 Å². The molecule has 0 radical (unpaired) electrons. The Bertz CT molecular complexity index is 1380. The number of imide groups is 1. The van der Waals surface area contributed by atoms with Gasteiger partial charge in [0.2, 0.25) is 5.91 Å². The van der Waals surface area contributed by atoms with Gasteiger partial charge < -0.3 is 10.1 Å². The highest BCUT2D eigenvalue weighted by Gasteiger charge is 2.40. The van der Waals surface area contributed by atoms with E-state index < -0.39 is 34.3 Å². The minimum atomic E-state index is -0.821. The molecule has 0 saturated carbocycles. The Labute approximate surface area is 203 Å². The predicted molar refractivity (Wildman–Crippen MR) is 128 cm³/mol. The molecule has 0 saturated heterocycles. The number of esters is 1. The number of aryl methyl sites for hydroxylation is 1. The standard InChI is InChI=1S/C24H19N3O7S/c1-13-18(14-7-4-3-5-8-14)20(24(31)34-2)21(35-13)25-17(28)11-12-26-22(29)15-9-6-10-16(27(32)33)19(15)23(26)30/h3-10H,11-12H2,1-2H3,(H,25,28). The number of anilines is 1. The van der Waals surface area contributed by atoms with Crippen molar-refractivity contribution in [1.29, 1.82) is 0 Å². The van der Waals surface area contributed by atoms with E-state index in [0.29, 0.717) is 5.56 Å². The van der Waals surface area contributed by atoms with E-state index in [1.807, 2.05) is 37.3 Å². The number of thiophene rings is 1. The molecule has 3 amide bonds. The Morgan fingerprint density at radius 2 is 1.77 bits per heavy atom. The molecule has 1 N–H and O–H groups in total. The van der Waals surface area contributed by atoms with E-state index in [1.54, 1.807) is 0 Å². The molecule has 0 fully saturated rings. The summed E-state index contributed by atoms with van der Waals surface area (Å²) in [7, 11) is 1.25. The largest absolute Gasteiger partial charge is 0.465 e. The van der Waals surface area contributed by atoms with Crippen molar-refractivity contribution < 1.29 is 28.8 Å². The number of nitro benzene ring substituents is 1. The number of nitro groups is 1. The average molecular weight is 493 g/mol. The van der Waals surface area contributed by atoms with Crippen LogP contribution in [-0.4, -0.2) is 47.2 Å². The number of amides is 3. The van der Waals surface area contributed by atoms with Gasteiger partial charge in [0.25, 0.3) is 17.5 Å². The maximum absolute atomic E-state index is 12.7. The summed E-state index contributed by atoms with van der Waals surface area (Å²) >= 11 is 1.21. The molecule has 1 aliphatic heterocycles. The molecule has 35 heavy (non-hydrogen) atoms. The molecule has 10 nitrogen and oxygen atoms in total. The van der Waals surface area contributed by atoms with Crippen molar-refractivity contribution in [2.45, 2.75) is 13.3 Å². The van der Waals surface area contributed by atoms with Crippen LogP contribution in [0.4, 0.5) is 10.7 Å². The molecule has 4 rings (SSSR count). The smallest absolute Gasteiger partial charge is 0.341 e. The Hall–Kier alpha value is -4.38. The van der Waals surface area contributed by atoms with Gasteiger partial charge in [0.1, 0.15) is 16.1 Å². The highest BCUT2D eigenvalue weighted by Crippen LogP contribution is 2.40. The van der Waals surface area contributed by atoms with Gasteiger partial charge in [0.15, 0.2) is 0 Å². The number of nitrogens with one attached hydrogen (secondary N) is 1. The van der Waals surface area contributed by atoms with Crippen molar-refractivity contribution in [1.82, 2.24) is 4.90 Å². The third-order valence-electron chi connectivity index (χ3n) is 5.53. The van der Waals surface area contributed by atoms with Gasteiger partial charge in [0, 0.05) is 29.5 Å². The van der Waals surface area contributed by atoms with Crippen molar-refractivity contribution in [2.75, 3.05) is 19.0 Å². The predicted octanol–water partition coefficient (Wildman–Crippen LogP) is 4.04. The van der Waals surface area contributed by atoms with E-state index >= 15 is 0 Å².